The van der Waals surface area contributed by atoms with Crippen LogP contribution in [0.25, 0.3) is 0 Å². The van der Waals surface area contributed by atoms with E-state index in [4.69, 9.17) is 11.6 Å². The van der Waals surface area contributed by atoms with Crippen LogP contribution >= 0.6 is 38.9 Å². The fourth-order valence-corrected chi connectivity index (χ4v) is 6.58. The first-order valence-corrected chi connectivity index (χ1v) is 9.91. The van der Waals surface area contributed by atoms with Crippen LogP contribution in [-0.4, -0.2) is 25.8 Å². The summed E-state index contributed by atoms with van der Waals surface area (Å²) in [6.07, 6.45) is 0.851. The summed E-state index contributed by atoms with van der Waals surface area (Å²) in [7, 11) is -3.44. The molecule has 0 bridgehead atoms. The lowest BCUT2D eigenvalue weighted by molar-refractivity contribution is 0.474. The Hall–Kier alpha value is -0.400. The molecule has 1 fully saturated rings. The maximum absolute atomic E-state index is 12.6. The highest BCUT2D eigenvalue weighted by Gasteiger charge is 2.34. The molecule has 112 valence electrons. The predicted octanol–water partition coefficient (Wildman–Crippen LogP) is 4.34. The quantitative estimate of drug-likeness (QED) is 0.760. The van der Waals surface area contributed by atoms with E-state index in [0.29, 0.717) is 26.1 Å². The second-order valence-electron chi connectivity index (χ2n) is 4.95. The predicted molar refractivity (Wildman–Crippen MR) is 89.6 cm³/mol. The first kappa shape index (κ1) is 15.5. The van der Waals surface area contributed by atoms with Gasteiger partial charge in [0.1, 0.15) is 4.21 Å². The fourth-order valence-electron chi connectivity index (χ4n) is 2.52. The van der Waals surface area contributed by atoms with Crippen LogP contribution in [0.1, 0.15) is 17.9 Å². The molecule has 2 heterocycles. The summed E-state index contributed by atoms with van der Waals surface area (Å²) < 4.78 is 27.8. The van der Waals surface area contributed by atoms with Gasteiger partial charge in [0.2, 0.25) is 0 Å². The summed E-state index contributed by atoms with van der Waals surface area (Å²) in [5, 5.41) is 0.442. The van der Waals surface area contributed by atoms with Crippen molar-refractivity contribution in [3.63, 3.8) is 0 Å². The highest BCUT2D eigenvalue weighted by Crippen LogP contribution is 2.38. The van der Waals surface area contributed by atoms with Gasteiger partial charge >= 0.3 is 0 Å². The Morgan fingerprint density at radius 1 is 1.29 bits per heavy atom. The van der Waals surface area contributed by atoms with Crippen LogP contribution in [0.15, 0.2) is 44.4 Å². The van der Waals surface area contributed by atoms with Crippen LogP contribution in [-0.2, 0) is 10.0 Å². The third kappa shape index (κ3) is 3.05. The molecule has 3 rings (SSSR count). The Labute approximate surface area is 141 Å². The van der Waals surface area contributed by atoms with Gasteiger partial charge in [-0.25, -0.2) is 8.42 Å². The number of sulfonamides is 1. The Morgan fingerprint density at radius 2 is 2.00 bits per heavy atom. The van der Waals surface area contributed by atoms with Crippen LogP contribution in [0, 0.1) is 0 Å². The van der Waals surface area contributed by atoms with E-state index in [9.17, 15) is 8.42 Å². The molecular weight excluding hydrogens is 394 g/mol. The minimum atomic E-state index is -3.44. The summed E-state index contributed by atoms with van der Waals surface area (Å²) in [5.74, 6) is 0.264. The van der Waals surface area contributed by atoms with Crippen molar-refractivity contribution in [3.8, 4) is 0 Å². The van der Waals surface area contributed by atoms with E-state index < -0.39 is 10.0 Å². The van der Waals surface area contributed by atoms with Gasteiger partial charge in [-0.05, 0) is 39.9 Å². The number of thiophene rings is 1. The van der Waals surface area contributed by atoms with Crippen molar-refractivity contribution in [1.29, 1.82) is 0 Å². The Morgan fingerprint density at radius 3 is 2.62 bits per heavy atom. The molecule has 1 aliphatic heterocycles. The van der Waals surface area contributed by atoms with E-state index in [1.165, 1.54) is 11.6 Å². The van der Waals surface area contributed by atoms with Gasteiger partial charge in [0.25, 0.3) is 10.0 Å². The molecule has 1 aliphatic rings. The molecule has 1 atom stereocenters. The highest BCUT2D eigenvalue weighted by atomic mass is 79.9. The van der Waals surface area contributed by atoms with Crippen molar-refractivity contribution in [1.82, 2.24) is 4.31 Å². The second kappa shape index (κ2) is 6.01. The lowest BCUT2D eigenvalue weighted by atomic mass is 9.99. The topological polar surface area (TPSA) is 37.4 Å². The number of halogens is 2. The molecule has 1 saturated heterocycles. The van der Waals surface area contributed by atoms with Crippen molar-refractivity contribution >= 4 is 48.9 Å². The molecule has 0 saturated carbocycles. The third-order valence-corrected chi connectivity index (χ3v) is 8.43. The second-order valence-corrected chi connectivity index (χ2v) is 9.89. The molecule has 3 nitrogen and oxygen atoms in total. The zero-order valence-electron chi connectivity index (χ0n) is 11.0. The molecular formula is C14H13BrClNO2S2. The largest absolute Gasteiger partial charge is 0.252 e. The van der Waals surface area contributed by atoms with Crippen LogP contribution in [0.3, 0.4) is 0 Å². The van der Waals surface area contributed by atoms with E-state index in [2.05, 4.69) is 28.1 Å². The van der Waals surface area contributed by atoms with E-state index in [1.807, 2.05) is 18.2 Å². The zero-order valence-corrected chi connectivity index (χ0v) is 15.0. The first-order chi connectivity index (χ1) is 9.98. The van der Waals surface area contributed by atoms with Crippen LogP contribution in [0.5, 0.6) is 0 Å². The molecule has 0 amide bonds. The van der Waals surface area contributed by atoms with Crippen molar-refractivity contribution in [2.75, 3.05) is 13.1 Å². The van der Waals surface area contributed by atoms with Gasteiger partial charge in [-0.3, -0.25) is 0 Å². The average Bonchev–Trinajstić information content (AvgIpc) is 3.09. The minimum absolute atomic E-state index is 0.264. The molecule has 1 aromatic carbocycles. The summed E-state index contributed by atoms with van der Waals surface area (Å²) in [6.45, 7) is 1.08. The summed E-state index contributed by atoms with van der Waals surface area (Å²) >= 11 is 10.4. The summed E-state index contributed by atoms with van der Waals surface area (Å²) in [5.41, 5.74) is 1.19. The van der Waals surface area contributed by atoms with E-state index in [1.54, 1.807) is 4.31 Å². The van der Waals surface area contributed by atoms with Crippen molar-refractivity contribution < 1.29 is 8.42 Å². The van der Waals surface area contributed by atoms with E-state index in [0.717, 1.165) is 17.8 Å². The fraction of sp³-hybridized carbons (Fsp3) is 0.286. The Balaban J connectivity index is 1.82. The molecule has 0 radical (unpaired) electrons. The van der Waals surface area contributed by atoms with E-state index >= 15 is 0 Å². The number of benzene rings is 1. The lowest BCUT2D eigenvalue weighted by Gasteiger charge is -2.15. The van der Waals surface area contributed by atoms with Crippen molar-refractivity contribution in [3.05, 3.63) is 50.8 Å². The molecule has 0 aliphatic carbocycles. The number of nitrogens with zero attached hydrogens (tertiary/aromatic N) is 1. The zero-order chi connectivity index (χ0) is 15.0. The average molecular weight is 407 g/mol. The van der Waals surface area contributed by atoms with Crippen LogP contribution < -0.4 is 0 Å². The smallest absolute Gasteiger partial charge is 0.206 e. The maximum atomic E-state index is 12.6. The summed E-state index contributed by atoms with van der Waals surface area (Å²) in [4.78, 5) is 0. The molecule has 0 spiro atoms. The van der Waals surface area contributed by atoms with Gasteiger partial charge in [0.15, 0.2) is 0 Å². The van der Waals surface area contributed by atoms with Crippen LogP contribution in [0.4, 0.5) is 0 Å². The number of hydrogen-bond donors (Lipinski definition) is 0. The lowest BCUT2D eigenvalue weighted by Crippen LogP contribution is -2.28. The summed E-state index contributed by atoms with van der Waals surface area (Å²) in [6, 6.07) is 11.6. The Kier molecular flexibility index (Phi) is 4.43. The SMILES string of the molecule is O=S(=O)(c1cc(Cl)c(Br)s1)N1CCC(c2ccccc2)C1. The van der Waals surface area contributed by atoms with Crippen molar-refractivity contribution in [2.45, 2.75) is 16.5 Å². The van der Waals surface area contributed by atoms with Crippen LogP contribution in [0.2, 0.25) is 5.02 Å². The third-order valence-electron chi connectivity index (χ3n) is 3.64. The number of rotatable bonds is 3. The van der Waals surface area contributed by atoms with Crippen molar-refractivity contribution in [2.24, 2.45) is 0 Å². The van der Waals surface area contributed by atoms with Gasteiger partial charge < -0.3 is 0 Å². The monoisotopic (exact) mass is 405 g/mol. The molecule has 0 N–H and O–H groups in total. The maximum Gasteiger partial charge on any atom is 0.252 e. The standard InChI is InChI=1S/C14H13BrClNO2S2/c15-14-12(16)8-13(20-14)21(18,19)17-7-6-11(9-17)10-4-2-1-3-5-10/h1-5,8,11H,6-7,9H2. The van der Waals surface area contributed by atoms with Gasteiger partial charge in [-0.2, -0.15) is 4.31 Å². The molecule has 2 aromatic rings. The molecule has 7 heteroatoms. The van der Waals surface area contributed by atoms with Gasteiger partial charge in [-0.15, -0.1) is 11.3 Å². The Bertz CT molecular complexity index is 726. The highest BCUT2D eigenvalue weighted by molar-refractivity contribution is 9.11. The van der Waals surface area contributed by atoms with E-state index in [-0.39, 0.29) is 5.92 Å². The first-order valence-electron chi connectivity index (χ1n) is 6.48. The molecule has 1 aromatic heterocycles. The molecule has 1 unspecified atom stereocenters. The van der Waals surface area contributed by atoms with Gasteiger partial charge in [0, 0.05) is 13.1 Å². The van der Waals surface area contributed by atoms with Gasteiger partial charge in [-0.1, -0.05) is 41.9 Å². The number of hydrogen-bond acceptors (Lipinski definition) is 3. The minimum Gasteiger partial charge on any atom is -0.206 e. The molecule has 21 heavy (non-hydrogen) atoms. The normalized spacial score (nSPS) is 20.0. The van der Waals surface area contributed by atoms with Gasteiger partial charge in [0.05, 0.1) is 8.81 Å².